The van der Waals surface area contributed by atoms with Crippen LogP contribution in [0.15, 0.2) is 18.6 Å². The van der Waals surface area contributed by atoms with Gasteiger partial charge in [-0.3, -0.25) is 4.68 Å². The van der Waals surface area contributed by atoms with Crippen molar-refractivity contribution in [1.29, 1.82) is 0 Å². The third kappa shape index (κ3) is 3.57. The molecule has 0 spiro atoms. The van der Waals surface area contributed by atoms with Crippen molar-refractivity contribution in [3.63, 3.8) is 0 Å². The number of rotatable bonds is 6. The number of ether oxygens (including phenoxy) is 1. The molecule has 2 aromatic heterocycles. The van der Waals surface area contributed by atoms with E-state index in [4.69, 9.17) is 16.3 Å². The summed E-state index contributed by atoms with van der Waals surface area (Å²) in [5.41, 5.74) is 0. The lowest BCUT2D eigenvalue weighted by atomic mass is 10.5. The lowest BCUT2D eigenvalue weighted by Gasteiger charge is -2.07. The van der Waals surface area contributed by atoms with Crippen molar-refractivity contribution in [2.45, 2.75) is 26.8 Å². The number of hydrogen-bond acceptors (Lipinski definition) is 5. The molecule has 0 aliphatic heterocycles. The van der Waals surface area contributed by atoms with Gasteiger partial charge in [-0.25, -0.2) is 4.98 Å². The van der Waals surface area contributed by atoms with Crippen molar-refractivity contribution >= 4 is 17.5 Å². The Labute approximate surface area is 116 Å². The molecule has 0 bridgehead atoms. The van der Waals surface area contributed by atoms with E-state index in [1.165, 1.54) is 6.20 Å². The molecule has 0 unspecified atom stereocenters. The fourth-order valence-electron chi connectivity index (χ4n) is 1.43. The molecule has 0 amide bonds. The third-order valence-corrected chi connectivity index (χ3v) is 2.65. The highest BCUT2D eigenvalue weighted by Gasteiger charge is 2.09. The highest BCUT2D eigenvalue weighted by molar-refractivity contribution is 6.31. The van der Waals surface area contributed by atoms with E-state index < -0.39 is 0 Å². The largest absolute Gasteiger partial charge is 0.434 e. The zero-order valence-electron chi connectivity index (χ0n) is 10.9. The van der Waals surface area contributed by atoms with Crippen molar-refractivity contribution in [2.75, 3.05) is 11.9 Å². The molecule has 0 saturated heterocycles. The van der Waals surface area contributed by atoms with Crippen molar-refractivity contribution in [3.05, 3.63) is 23.6 Å². The van der Waals surface area contributed by atoms with Crippen molar-refractivity contribution in [1.82, 2.24) is 19.7 Å². The van der Waals surface area contributed by atoms with Gasteiger partial charge in [-0.1, -0.05) is 18.5 Å². The Bertz CT molecular complexity index is 543. The summed E-state index contributed by atoms with van der Waals surface area (Å²) in [5.74, 6) is 1.43. The fourth-order valence-corrected chi connectivity index (χ4v) is 1.56. The Morgan fingerprint density at radius 1 is 1.37 bits per heavy atom. The van der Waals surface area contributed by atoms with Gasteiger partial charge in [-0.05, 0) is 13.3 Å². The van der Waals surface area contributed by atoms with E-state index in [2.05, 4.69) is 27.3 Å². The van der Waals surface area contributed by atoms with Crippen LogP contribution < -0.4 is 10.1 Å². The van der Waals surface area contributed by atoms with E-state index in [-0.39, 0.29) is 0 Å². The molecule has 19 heavy (non-hydrogen) atoms. The summed E-state index contributed by atoms with van der Waals surface area (Å²) in [6.07, 6.45) is 5.93. The molecule has 7 heteroatoms. The summed E-state index contributed by atoms with van der Waals surface area (Å²) in [7, 11) is 0. The predicted octanol–water partition coefficient (Wildman–Crippen LogP) is 2.96. The van der Waals surface area contributed by atoms with Crippen LogP contribution in [0.5, 0.6) is 11.6 Å². The molecule has 102 valence electrons. The second kappa shape index (κ2) is 6.38. The monoisotopic (exact) mass is 281 g/mol. The van der Waals surface area contributed by atoms with Gasteiger partial charge in [0.25, 0.3) is 0 Å². The van der Waals surface area contributed by atoms with Crippen LogP contribution in [-0.2, 0) is 6.54 Å². The van der Waals surface area contributed by atoms with E-state index in [1.807, 2.05) is 6.92 Å². The summed E-state index contributed by atoms with van der Waals surface area (Å²) in [5, 5.41) is 7.57. The highest BCUT2D eigenvalue weighted by atomic mass is 35.5. The van der Waals surface area contributed by atoms with Gasteiger partial charge in [0, 0.05) is 13.1 Å². The summed E-state index contributed by atoms with van der Waals surface area (Å²) in [6.45, 7) is 5.65. The molecule has 0 aliphatic rings. The van der Waals surface area contributed by atoms with Gasteiger partial charge in [-0.15, -0.1) is 0 Å². The molecule has 0 radical (unpaired) electrons. The van der Waals surface area contributed by atoms with E-state index >= 15 is 0 Å². The Hall–Kier alpha value is -1.82. The zero-order chi connectivity index (χ0) is 13.7. The first kappa shape index (κ1) is 13.6. The summed E-state index contributed by atoms with van der Waals surface area (Å²) in [4.78, 5) is 8.31. The van der Waals surface area contributed by atoms with Gasteiger partial charge < -0.3 is 10.1 Å². The van der Waals surface area contributed by atoms with Gasteiger partial charge in [0.1, 0.15) is 5.02 Å². The Morgan fingerprint density at radius 3 is 2.89 bits per heavy atom. The molecule has 0 aromatic carbocycles. The number of nitrogens with one attached hydrogen (secondary N) is 1. The van der Waals surface area contributed by atoms with Gasteiger partial charge in [0.15, 0.2) is 5.75 Å². The standard InChI is InChI=1S/C12H16ClN5O/c1-3-5-14-12-15-7-10(13)11(17-12)19-9-6-16-18(4-2)8-9/h6-8H,3-5H2,1-2H3,(H,14,15,17). The molecular formula is C12H16ClN5O. The zero-order valence-corrected chi connectivity index (χ0v) is 11.7. The van der Waals surface area contributed by atoms with Gasteiger partial charge in [-0.2, -0.15) is 10.1 Å². The highest BCUT2D eigenvalue weighted by Crippen LogP contribution is 2.27. The topological polar surface area (TPSA) is 64.9 Å². The van der Waals surface area contributed by atoms with Crippen molar-refractivity contribution < 1.29 is 4.74 Å². The van der Waals surface area contributed by atoms with Gasteiger partial charge >= 0.3 is 0 Å². The maximum atomic E-state index is 6.02. The number of anilines is 1. The van der Waals surface area contributed by atoms with E-state index in [1.54, 1.807) is 17.1 Å². The number of hydrogen-bond donors (Lipinski definition) is 1. The minimum Gasteiger partial charge on any atom is -0.434 e. The Kier molecular flexibility index (Phi) is 4.57. The second-order valence-corrected chi connectivity index (χ2v) is 4.31. The lowest BCUT2D eigenvalue weighted by Crippen LogP contribution is -2.04. The average molecular weight is 282 g/mol. The first-order chi connectivity index (χ1) is 9.22. The van der Waals surface area contributed by atoms with Gasteiger partial charge in [0.05, 0.1) is 18.6 Å². The number of aryl methyl sites for hydroxylation is 1. The average Bonchev–Trinajstić information content (AvgIpc) is 2.87. The van der Waals surface area contributed by atoms with Crippen LogP contribution in [-0.4, -0.2) is 26.3 Å². The summed E-state index contributed by atoms with van der Waals surface area (Å²) < 4.78 is 7.37. The molecule has 2 rings (SSSR count). The molecule has 6 nitrogen and oxygen atoms in total. The summed E-state index contributed by atoms with van der Waals surface area (Å²) >= 11 is 6.02. The lowest BCUT2D eigenvalue weighted by molar-refractivity contribution is 0.461. The molecule has 0 aliphatic carbocycles. The van der Waals surface area contributed by atoms with Gasteiger partial charge in [0.2, 0.25) is 11.8 Å². The fraction of sp³-hybridized carbons (Fsp3) is 0.417. The van der Waals surface area contributed by atoms with Crippen LogP contribution in [0.3, 0.4) is 0 Å². The normalized spacial score (nSPS) is 10.5. The van der Waals surface area contributed by atoms with Crippen LogP contribution in [0.1, 0.15) is 20.3 Å². The maximum Gasteiger partial charge on any atom is 0.243 e. The molecule has 1 N–H and O–H groups in total. The van der Waals surface area contributed by atoms with E-state index in [9.17, 15) is 0 Å². The molecule has 0 saturated carbocycles. The Balaban J connectivity index is 2.13. The number of aromatic nitrogens is 4. The molecule has 0 fully saturated rings. The van der Waals surface area contributed by atoms with E-state index in [0.29, 0.717) is 22.6 Å². The van der Waals surface area contributed by atoms with Crippen molar-refractivity contribution in [3.8, 4) is 11.6 Å². The molecule has 2 heterocycles. The van der Waals surface area contributed by atoms with E-state index in [0.717, 1.165) is 19.5 Å². The predicted molar refractivity (Wildman–Crippen MR) is 73.8 cm³/mol. The van der Waals surface area contributed by atoms with Crippen LogP contribution in [0.4, 0.5) is 5.95 Å². The van der Waals surface area contributed by atoms with Crippen molar-refractivity contribution in [2.24, 2.45) is 0 Å². The van der Waals surface area contributed by atoms with Crippen LogP contribution in [0, 0.1) is 0 Å². The first-order valence-corrected chi connectivity index (χ1v) is 6.57. The number of nitrogens with zero attached hydrogens (tertiary/aromatic N) is 4. The molecular weight excluding hydrogens is 266 g/mol. The van der Waals surface area contributed by atoms with Crippen LogP contribution in [0.2, 0.25) is 5.02 Å². The van der Waals surface area contributed by atoms with Crippen LogP contribution in [0.25, 0.3) is 0 Å². The smallest absolute Gasteiger partial charge is 0.243 e. The minimum absolute atomic E-state index is 0.325. The molecule has 0 atom stereocenters. The first-order valence-electron chi connectivity index (χ1n) is 6.19. The maximum absolute atomic E-state index is 6.02. The SMILES string of the molecule is CCCNc1ncc(Cl)c(Oc2cnn(CC)c2)n1. The number of halogens is 1. The second-order valence-electron chi connectivity index (χ2n) is 3.91. The molecule has 2 aromatic rings. The summed E-state index contributed by atoms with van der Waals surface area (Å²) in [6, 6.07) is 0. The van der Waals surface area contributed by atoms with Crippen LogP contribution >= 0.6 is 11.6 Å². The Morgan fingerprint density at radius 2 is 2.21 bits per heavy atom. The minimum atomic E-state index is 0.325. The quantitative estimate of drug-likeness (QED) is 0.882. The third-order valence-electron chi connectivity index (χ3n) is 2.39.